The molecule has 0 bridgehead atoms. The second-order valence-electron chi connectivity index (χ2n) is 6.58. The molecule has 0 aromatic rings. The number of hydrogen-bond acceptors (Lipinski definition) is 5. The normalized spacial score (nSPS) is 18.6. The number of rotatable bonds is 3. The Morgan fingerprint density at radius 1 is 1.39 bits per heavy atom. The van der Waals surface area contributed by atoms with Crippen molar-refractivity contribution in [3.63, 3.8) is 0 Å². The summed E-state index contributed by atoms with van der Waals surface area (Å²) in [6.45, 7) is 9.79. The average molecular weight is 319 g/mol. The molecule has 126 valence electrons. The van der Waals surface area contributed by atoms with E-state index in [0.717, 1.165) is 0 Å². The molecule has 0 atom stereocenters. The fourth-order valence-corrected chi connectivity index (χ4v) is 2.30. The number of nitriles is 1. The number of aliphatic imine (C=N–C) groups is 1. The van der Waals surface area contributed by atoms with Gasteiger partial charge in [-0.05, 0) is 45.8 Å². The van der Waals surface area contributed by atoms with Crippen molar-refractivity contribution in [2.45, 2.75) is 44.8 Å². The highest BCUT2D eigenvalue weighted by atomic mass is 16.6. The molecule has 1 aliphatic heterocycles. The van der Waals surface area contributed by atoms with Gasteiger partial charge in [0.2, 0.25) is 0 Å². The first-order chi connectivity index (χ1) is 10.6. The Balaban J connectivity index is 2.72. The Morgan fingerprint density at radius 2 is 1.96 bits per heavy atom. The third-order valence-corrected chi connectivity index (χ3v) is 3.55. The summed E-state index contributed by atoms with van der Waals surface area (Å²) in [5.74, 6) is 0. The van der Waals surface area contributed by atoms with Gasteiger partial charge in [-0.1, -0.05) is 6.58 Å². The molecule has 1 fully saturated rings. The van der Waals surface area contributed by atoms with Gasteiger partial charge in [-0.15, -0.1) is 0 Å². The lowest BCUT2D eigenvalue weighted by molar-refractivity contribution is -0.00176. The van der Waals surface area contributed by atoms with Crippen LogP contribution in [0.2, 0.25) is 0 Å². The monoisotopic (exact) mass is 319 g/mol. The maximum absolute atomic E-state index is 12.0. The van der Waals surface area contributed by atoms with Gasteiger partial charge >= 0.3 is 6.09 Å². The molecule has 1 N–H and O–H groups in total. The summed E-state index contributed by atoms with van der Waals surface area (Å²) in [4.78, 5) is 17.8. The Bertz CT molecular complexity index is 557. The summed E-state index contributed by atoms with van der Waals surface area (Å²) in [5, 5.41) is 19.5. The first-order valence-corrected chi connectivity index (χ1v) is 7.56. The first kappa shape index (κ1) is 18.9. The molecule has 0 spiro atoms. The lowest BCUT2D eigenvalue weighted by Gasteiger charge is -2.38. The van der Waals surface area contributed by atoms with Gasteiger partial charge in [0, 0.05) is 25.7 Å². The van der Waals surface area contributed by atoms with E-state index in [1.807, 2.05) is 26.8 Å². The standard InChI is InChI=1S/C17H25N3O3/c1-13(12-18)6-7-14(19-5)17(22)8-10-20(11-9-17)15(21)23-16(2,3)4/h6-7,22H,1,8-11H2,2-5H3/b7-6-,19-14?. The third kappa shape index (κ3) is 5.53. The molecule has 1 heterocycles. The Hall–Kier alpha value is -2.13. The van der Waals surface area contributed by atoms with Crippen LogP contribution in [-0.4, -0.2) is 53.2 Å². The predicted molar refractivity (Wildman–Crippen MR) is 89.2 cm³/mol. The highest BCUT2D eigenvalue weighted by molar-refractivity contribution is 6.02. The van der Waals surface area contributed by atoms with E-state index in [9.17, 15) is 9.90 Å². The van der Waals surface area contributed by atoms with Crippen LogP contribution < -0.4 is 0 Å². The number of carbonyl (C=O) groups is 1. The van der Waals surface area contributed by atoms with E-state index in [4.69, 9.17) is 10.00 Å². The van der Waals surface area contributed by atoms with E-state index in [-0.39, 0.29) is 6.09 Å². The smallest absolute Gasteiger partial charge is 0.410 e. The lowest BCUT2D eigenvalue weighted by atomic mass is 9.86. The maximum Gasteiger partial charge on any atom is 0.410 e. The Kier molecular flexibility index (Phi) is 6.11. The van der Waals surface area contributed by atoms with Gasteiger partial charge in [-0.2, -0.15) is 5.26 Å². The van der Waals surface area contributed by atoms with Crippen molar-refractivity contribution < 1.29 is 14.6 Å². The molecule has 6 heteroatoms. The van der Waals surface area contributed by atoms with E-state index >= 15 is 0 Å². The molecule has 1 aliphatic rings. The number of carbonyl (C=O) groups excluding carboxylic acids is 1. The van der Waals surface area contributed by atoms with Gasteiger partial charge in [0.15, 0.2) is 0 Å². The topological polar surface area (TPSA) is 85.9 Å². The Morgan fingerprint density at radius 3 is 2.39 bits per heavy atom. The van der Waals surface area contributed by atoms with E-state index in [1.54, 1.807) is 18.0 Å². The molecule has 23 heavy (non-hydrogen) atoms. The van der Waals surface area contributed by atoms with Crippen LogP contribution in [0.15, 0.2) is 29.3 Å². The molecular weight excluding hydrogens is 294 g/mol. The highest BCUT2D eigenvalue weighted by Gasteiger charge is 2.38. The van der Waals surface area contributed by atoms with Crippen molar-refractivity contribution in [1.82, 2.24) is 4.90 Å². The van der Waals surface area contributed by atoms with Gasteiger partial charge in [0.05, 0.1) is 11.8 Å². The van der Waals surface area contributed by atoms with Crippen LogP contribution in [0.3, 0.4) is 0 Å². The van der Waals surface area contributed by atoms with Crippen LogP contribution in [0.25, 0.3) is 0 Å². The quantitative estimate of drug-likeness (QED) is 0.492. The lowest BCUT2D eigenvalue weighted by Crippen LogP contribution is -2.51. The summed E-state index contributed by atoms with van der Waals surface area (Å²) < 4.78 is 5.34. The molecule has 0 unspecified atom stereocenters. The molecule has 1 amide bonds. The number of likely N-dealkylation sites (tertiary alicyclic amines) is 1. The van der Waals surface area contributed by atoms with E-state index in [0.29, 0.717) is 37.2 Å². The van der Waals surface area contributed by atoms with Crippen molar-refractivity contribution in [2.75, 3.05) is 20.1 Å². The second kappa shape index (κ2) is 7.42. The van der Waals surface area contributed by atoms with Crippen LogP contribution in [-0.2, 0) is 4.74 Å². The zero-order valence-corrected chi connectivity index (χ0v) is 14.3. The van der Waals surface area contributed by atoms with Gasteiger partial charge in [0.1, 0.15) is 11.2 Å². The van der Waals surface area contributed by atoms with Crippen molar-refractivity contribution >= 4 is 11.8 Å². The zero-order chi connectivity index (χ0) is 17.7. The van der Waals surface area contributed by atoms with E-state index in [2.05, 4.69) is 11.6 Å². The zero-order valence-electron chi connectivity index (χ0n) is 14.3. The van der Waals surface area contributed by atoms with Crippen molar-refractivity contribution in [1.29, 1.82) is 5.26 Å². The largest absolute Gasteiger partial charge is 0.444 e. The molecule has 1 rings (SSSR count). The Labute approximate surface area is 137 Å². The minimum atomic E-state index is -1.11. The number of aliphatic hydroxyl groups is 1. The third-order valence-electron chi connectivity index (χ3n) is 3.55. The number of allylic oxidation sites excluding steroid dienone is 2. The summed E-state index contributed by atoms with van der Waals surface area (Å²) in [6.07, 6.45) is 3.49. The summed E-state index contributed by atoms with van der Waals surface area (Å²) >= 11 is 0. The molecule has 0 radical (unpaired) electrons. The van der Waals surface area contributed by atoms with Crippen LogP contribution in [0.4, 0.5) is 4.79 Å². The number of hydrogen-bond donors (Lipinski definition) is 1. The summed E-state index contributed by atoms with van der Waals surface area (Å²) in [7, 11) is 1.59. The van der Waals surface area contributed by atoms with E-state index < -0.39 is 11.2 Å². The summed E-state index contributed by atoms with van der Waals surface area (Å²) in [6, 6.07) is 1.92. The number of amides is 1. The van der Waals surface area contributed by atoms with Crippen LogP contribution in [0, 0.1) is 11.3 Å². The number of nitrogens with zero attached hydrogens (tertiary/aromatic N) is 3. The van der Waals surface area contributed by atoms with Crippen LogP contribution >= 0.6 is 0 Å². The molecular formula is C17H25N3O3. The van der Waals surface area contributed by atoms with Crippen molar-refractivity contribution in [2.24, 2.45) is 4.99 Å². The number of piperidine rings is 1. The van der Waals surface area contributed by atoms with Crippen LogP contribution in [0.5, 0.6) is 0 Å². The van der Waals surface area contributed by atoms with E-state index in [1.165, 1.54) is 6.08 Å². The maximum atomic E-state index is 12.0. The molecule has 1 saturated heterocycles. The minimum Gasteiger partial charge on any atom is -0.444 e. The second-order valence-corrected chi connectivity index (χ2v) is 6.58. The molecule has 0 aromatic heterocycles. The predicted octanol–water partition coefficient (Wildman–Crippen LogP) is 2.46. The average Bonchev–Trinajstić information content (AvgIpc) is 2.46. The van der Waals surface area contributed by atoms with Gasteiger partial charge in [0.25, 0.3) is 0 Å². The molecule has 6 nitrogen and oxygen atoms in total. The fraction of sp³-hybridized carbons (Fsp3) is 0.588. The number of ether oxygens (including phenoxy) is 1. The summed E-state index contributed by atoms with van der Waals surface area (Å²) in [5.41, 5.74) is -0.875. The van der Waals surface area contributed by atoms with Crippen LogP contribution in [0.1, 0.15) is 33.6 Å². The SMILES string of the molecule is C=C(C#N)/C=C\C(=NC)C1(O)CCN(C(=O)OC(C)(C)C)CC1. The highest BCUT2D eigenvalue weighted by Crippen LogP contribution is 2.26. The van der Waals surface area contributed by atoms with Gasteiger partial charge < -0.3 is 14.7 Å². The fourth-order valence-electron chi connectivity index (χ4n) is 2.30. The van der Waals surface area contributed by atoms with Gasteiger partial charge in [-0.25, -0.2) is 4.79 Å². The van der Waals surface area contributed by atoms with Crippen molar-refractivity contribution in [3.8, 4) is 6.07 Å². The minimum absolute atomic E-state index is 0.293. The molecule has 0 aliphatic carbocycles. The molecule has 0 saturated carbocycles. The first-order valence-electron chi connectivity index (χ1n) is 7.56. The van der Waals surface area contributed by atoms with Gasteiger partial charge in [-0.3, -0.25) is 4.99 Å². The van der Waals surface area contributed by atoms with Crippen molar-refractivity contribution in [3.05, 3.63) is 24.3 Å². The molecule has 0 aromatic carbocycles.